The lowest BCUT2D eigenvalue weighted by Crippen LogP contribution is -2.37. The second-order valence-electron chi connectivity index (χ2n) is 5.00. The second kappa shape index (κ2) is 5.45. The van der Waals surface area contributed by atoms with Gasteiger partial charge in [0, 0.05) is 30.9 Å². The molecule has 1 aromatic heterocycles. The van der Waals surface area contributed by atoms with Crippen molar-refractivity contribution < 1.29 is 0 Å². The van der Waals surface area contributed by atoms with Gasteiger partial charge in [-0.3, -0.25) is 0 Å². The summed E-state index contributed by atoms with van der Waals surface area (Å²) >= 11 is 0. The molecule has 0 saturated carbocycles. The van der Waals surface area contributed by atoms with Gasteiger partial charge in [0.15, 0.2) is 0 Å². The van der Waals surface area contributed by atoms with E-state index in [1.165, 1.54) is 12.8 Å². The van der Waals surface area contributed by atoms with Gasteiger partial charge in [0.2, 0.25) is 0 Å². The van der Waals surface area contributed by atoms with Crippen LogP contribution in [0.25, 0.3) is 0 Å². The maximum absolute atomic E-state index is 4.42. The van der Waals surface area contributed by atoms with Crippen molar-refractivity contribution in [3.63, 3.8) is 0 Å². The Morgan fingerprint density at radius 1 is 1.47 bits per heavy atom. The molecule has 0 bridgehead atoms. The van der Waals surface area contributed by atoms with Gasteiger partial charge in [-0.1, -0.05) is 13.8 Å². The predicted molar refractivity (Wildman–Crippen MR) is 70.4 cm³/mol. The van der Waals surface area contributed by atoms with Crippen molar-refractivity contribution in [2.45, 2.75) is 38.6 Å². The van der Waals surface area contributed by atoms with Gasteiger partial charge < -0.3 is 10.2 Å². The van der Waals surface area contributed by atoms with E-state index in [2.05, 4.69) is 40.1 Å². The molecule has 0 spiro atoms. The Bertz CT molecular complexity index is 364. The van der Waals surface area contributed by atoms with Crippen molar-refractivity contribution in [3.8, 4) is 0 Å². The van der Waals surface area contributed by atoms with E-state index in [-0.39, 0.29) is 0 Å². The van der Waals surface area contributed by atoms with Crippen molar-refractivity contribution in [2.75, 3.05) is 25.0 Å². The summed E-state index contributed by atoms with van der Waals surface area (Å²) in [6.07, 6.45) is 4.20. The maximum atomic E-state index is 4.42. The topological polar surface area (TPSA) is 41.0 Å². The number of anilines is 1. The smallest absolute Gasteiger partial charge is 0.132 e. The molecule has 1 unspecified atom stereocenters. The number of aromatic nitrogens is 2. The first kappa shape index (κ1) is 12.3. The largest absolute Gasteiger partial charge is 0.352 e. The fourth-order valence-corrected chi connectivity index (χ4v) is 2.42. The molecule has 1 saturated heterocycles. The highest BCUT2D eigenvalue weighted by molar-refractivity contribution is 5.42. The summed E-state index contributed by atoms with van der Waals surface area (Å²) in [5, 5.41) is 3.26. The minimum Gasteiger partial charge on any atom is -0.352 e. The van der Waals surface area contributed by atoms with E-state index in [1.54, 1.807) is 6.33 Å². The van der Waals surface area contributed by atoms with Gasteiger partial charge in [0.05, 0.1) is 0 Å². The first-order valence-corrected chi connectivity index (χ1v) is 6.45. The first-order valence-electron chi connectivity index (χ1n) is 6.45. The Morgan fingerprint density at radius 2 is 2.29 bits per heavy atom. The first-order chi connectivity index (χ1) is 8.22. The molecule has 1 aliphatic heterocycles. The highest BCUT2D eigenvalue weighted by Gasteiger charge is 2.25. The van der Waals surface area contributed by atoms with Gasteiger partial charge in [0.1, 0.15) is 12.1 Å². The van der Waals surface area contributed by atoms with Crippen LogP contribution in [0.5, 0.6) is 0 Å². The summed E-state index contributed by atoms with van der Waals surface area (Å²) in [4.78, 5) is 11.2. The fraction of sp³-hybridized carbons (Fsp3) is 0.692. The third-order valence-electron chi connectivity index (χ3n) is 3.38. The van der Waals surface area contributed by atoms with Crippen molar-refractivity contribution in [2.24, 2.45) is 0 Å². The summed E-state index contributed by atoms with van der Waals surface area (Å²) in [7, 11) is 2.01. The quantitative estimate of drug-likeness (QED) is 0.862. The third-order valence-corrected chi connectivity index (χ3v) is 3.38. The molecule has 2 heterocycles. The van der Waals surface area contributed by atoms with Gasteiger partial charge in [-0.15, -0.1) is 0 Å². The zero-order valence-electron chi connectivity index (χ0n) is 11.0. The maximum Gasteiger partial charge on any atom is 0.132 e. The van der Waals surface area contributed by atoms with E-state index in [0.717, 1.165) is 24.6 Å². The Labute approximate surface area is 103 Å². The van der Waals surface area contributed by atoms with E-state index >= 15 is 0 Å². The van der Waals surface area contributed by atoms with Crippen molar-refractivity contribution in [3.05, 3.63) is 18.1 Å². The second-order valence-corrected chi connectivity index (χ2v) is 5.00. The van der Waals surface area contributed by atoms with Crippen LogP contribution < -0.4 is 10.2 Å². The lowest BCUT2D eigenvalue weighted by atomic mass is 10.1. The van der Waals surface area contributed by atoms with Crippen LogP contribution in [0.1, 0.15) is 38.3 Å². The average Bonchev–Trinajstić information content (AvgIpc) is 2.78. The monoisotopic (exact) mass is 234 g/mol. The summed E-state index contributed by atoms with van der Waals surface area (Å²) in [6.45, 7) is 6.48. The number of likely N-dealkylation sites (N-methyl/N-ethyl adjacent to an activating group) is 1. The molecule has 4 heteroatoms. The van der Waals surface area contributed by atoms with Crippen molar-refractivity contribution in [1.82, 2.24) is 15.3 Å². The van der Waals surface area contributed by atoms with Crippen LogP contribution in [-0.2, 0) is 0 Å². The van der Waals surface area contributed by atoms with Crippen LogP contribution in [0, 0.1) is 0 Å². The number of hydrogen-bond donors (Lipinski definition) is 1. The lowest BCUT2D eigenvalue weighted by molar-refractivity contribution is 0.610. The molecular formula is C13H22N4. The van der Waals surface area contributed by atoms with E-state index in [4.69, 9.17) is 0 Å². The van der Waals surface area contributed by atoms with E-state index < -0.39 is 0 Å². The Hall–Kier alpha value is -1.16. The van der Waals surface area contributed by atoms with Crippen LogP contribution in [0.15, 0.2) is 12.4 Å². The Morgan fingerprint density at radius 3 is 3.00 bits per heavy atom. The van der Waals surface area contributed by atoms with E-state index in [9.17, 15) is 0 Å². The number of rotatable bonds is 4. The van der Waals surface area contributed by atoms with Crippen molar-refractivity contribution >= 4 is 5.82 Å². The highest BCUT2D eigenvalue weighted by atomic mass is 15.2. The zero-order valence-corrected chi connectivity index (χ0v) is 11.0. The molecule has 1 aromatic rings. The number of nitrogens with one attached hydrogen (secondary N) is 1. The minimum absolute atomic E-state index is 0.460. The number of hydrogen-bond acceptors (Lipinski definition) is 4. The molecule has 0 radical (unpaired) electrons. The van der Waals surface area contributed by atoms with Crippen LogP contribution >= 0.6 is 0 Å². The minimum atomic E-state index is 0.460. The number of nitrogens with zero attached hydrogens (tertiary/aromatic N) is 3. The SMILES string of the molecule is CNCC1CCCN1c1cc(C(C)C)ncn1. The average molecular weight is 234 g/mol. The van der Waals surface area contributed by atoms with Crippen LogP contribution in [0.4, 0.5) is 5.82 Å². The van der Waals surface area contributed by atoms with E-state index in [1.807, 2.05) is 7.05 Å². The molecular weight excluding hydrogens is 212 g/mol. The fourth-order valence-electron chi connectivity index (χ4n) is 2.42. The van der Waals surface area contributed by atoms with Gasteiger partial charge >= 0.3 is 0 Å². The molecule has 4 nitrogen and oxygen atoms in total. The van der Waals surface area contributed by atoms with Crippen molar-refractivity contribution in [1.29, 1.82) is 0 Å². The molecule has 1 N–H and O–H groups in total. The lowest BCUT2D eigenvalue weighted by Gasteiger charge is -2.25. The molecule has 94 valence electrons. The molecule has 1 fully saturated rings. The summed E-state index contributed by atoms with van der Waals surface area (Å²) < 4.78 is 0. The van der Waals surface area contributed by atoms with Gasteiger partial charge in [-0.2, -0.15) is 0 Å². The Kier molecular flexibility index (Phi) is 3.94. The van der Waals surface area contributed by atoms with Crippen LogP contribution in [0.3, 0.4) is 0 Å². The summed E-state index contributed by atoms with van der Waals surface area (Å²) in [5.41, 5.74) is 1.13. The zero-order chi connectivity index (χ0) is 12.3. The molecule has 17 heavy (non-hydrogen) atoms. The van der Waals surface area contributed by atoms with Gasteiger partial charge in [-0.25, -0.2) is 9.97 Å². The molecule has 0 amide bonds. The molecule has 0 aliphatic carbocycles. The van der Waals surface area contributed by atoms with E-state index in [0.29, 0.717) is 12.0 Å². The predicted octanol–water partition coefficient (Wildman–Crippen LogP) is 1.79. The highest BCUT2D eigenvalue weighted by Crippen LogP contribution is 2.24. The third kappa shape index (κ3) is 2.75. The summed E-state index contributed by atoms with van der Waals surface area (Å²) in [6, 6.07) is 2.72. The van der Waals surface area contributed by atoms with Crippen LogP contribution in [0.2, 0.25) is 0 Å². The molecule has 1 atom stereocenters. The summed E-state index contributed by atoms with van der Waals surface area (Å²) in [5.74, 6) is 1.54. The van der Waals surface area contributed by atoms with Gasteiger partial charge in [0.25, 0.3) is 0 Å². The molecule has 2 rings (SSSR count). The van der Waals surface area contributed by atoms with Crippen LogP contribution in [-0.4, -0.2) is 36.1 Å². The molecule has 1 aliphatic rings. The molecule has 0 aromatic carbocycles. The normalized spacial score (nSPS) is 20.2. The Balaban J connectivity index is 2.18. The van der Waals surface area contributed by atoms with Gasteiger partial charge in [-0.05, 0) is 25.8 Å². The standard InChI is InChI=1S/C13H22N4/c1-10(2)12-7-13(16-9-15-12)17-6-4-5-11(17)8-14-3/h7,9-11,14H,4-6,8H2,1-3H3.